The summed E-state index contributed by atoms with van der Waals surface area (Å²) < 4.78 is 34.1. The number of ketones is 1. The van der Waals surface area contributed by atoms with Gasteiger partial charge in [-0.05, 0) is 42.5 Å². The molecule has 0 spiro atoms. The van der Waals surface area contributed by atoms with Gasteiger partial charge < -0.3 is 14.6 Å². The van der Waals surface area contributed by atoms with Crippen LogP contribution >= 0.6 is 0 Å². The van der Waals surface area contributed by atoms with Crippen molar-refractivity contribution in [1.82, 2.24) is 0 Å². The van der Waals surface area contributed by atoms with Gasteiger partial charge in [-0.1, -0.05) is 18.2 Å². The van der Waals surface area contributed by atoms with Crippen LogP contribution in [0.3, 0.4) is 0 Å². The highest BCUT2D eigenvalue weighted by Crippen LogP contribution is 2.22. The fourth-order valence-corrected chi connectivity index (χ4v) is 1.94. The average molecular weight is 348 g/mol. The molecule has 0 bridgehead atoms. The molecule has 2 rings (SSSR count). The molecule has 0 aliphatic heterocycles. The molecule has 0 fully saturated rings. The van der Waals surface area contributed by atoms with Crippen LogP contribution in [-0.4, -0.2) is 30.1 Å². The molecule has 0 unspecified atom stereocenters. The fraction of sp³-hybridized carbons (Fsp3) is 0.111. The van der Waals surface area contributed by atoms with Crippen molar-refractivity contribution in [1.29, 1.82) is 0 Å². The maximum absolute atomic E-state index is 12.4. The third kappa shape index (κ3) is 5.72. The summed E-state index contributed by atoms with van der Waals surface area (Å²) in [6, 6.07) is 12.0. The minimum absolute atomic E-state index is 0.0287. The summed E-state index contributed by atoms with van der Waals surface area (Å²) >= 11 is 0. The second kappa shape index (κ2) is 8.58. The molecule has 0 aliphatic rings. The molecule has 0 aliphatic carbocycles. The number of carbonyl (C=O) groups excluding carboxylic acids is 1. The van der Waals surface area contributed by atoms with Crippen molar-refractivity contribution >= 4 is 17.8 Å². The van der Waals surface area contributed by atoms with Gasteiger partial charge in [-0.2, -0.15) is 8.78 Å². The van der Waals surface area contributed by atoms with E-state index in [0.29, 0.717) is 16.9 Å². The third-order valence-electron chi connectivity index (χ3n) is 3.05. The van der Waals surface area contributed by atoms with Gasteiger partial charge in [-0.3, -0.25) is 4.79 Å². The number of ether oxygens (including phenoxy) is 2. The summed E-state index contributed by atoms with van der Waals surface area (Å²) in [4.78, 5) is 22.5. The van der Waals surface area contributed by atoms with Crippen molar-refractivity contribution < 1.29 is 33.0 Å². The third-order valence-corrected chi connectivity index (χ3v) is 3.05. The smallest absolute Gasteiger partial charge is 0.387 e. The van der Waals surface area contributed by atoms with Gasteiger partial charge >= 0.3 is 12.6 Å². The van der Waals surface area contributed by atoms with Gasteiger partial charge in [-0.25, -0.2) is 4.79 Å². The van der Waals surface area contributed by atoms with Crippen molar-refractivity contribution in [3.8, 4) is 11.5 Å². The molecule has 7 heteroatoms. The molecule has 1 N–H and O–H groups in total. The Bertz CT molecular complexity index is 769. The van der Waals surface area contributed by atoms with Crippen molar-refractivity contribution in [2.75, 3.05) is 6.61 Å². The number of aliphatic carboxylic acids is 1. The van der Waals surface area contributed by atoms with Crippen LogP contribution in [0, 0.1) is 0 Å². The Hall–Kier alpha value is -3.22. The topological polar surface area (TPSA) is 72.8 Å². The number of carboxylic acids is 1. The molecular formula is C18H14F2O5. The summed E-state index contributed by atoms with van der Waals surface area (Å²) in [5, 5.41) is 8.53. The molecule has 0 saturated heterocycles. The zero-order chi connectivity index (χ0) is 18.2. The molecule has 0 atom stereocenters. The summed E-state index contributed by atoms with van der Waals surface area (Å²) in [6.07, 6.45) is 2.62. The zero-order valence-electron chi connectivity index (χ0n) is 12.9. The Morgan fingerprint density at radius 1 is 1.08 bits per heavy atom. The first-order chi connectivity index (χ1) is 12.0. The molecule has 2 aromatic rings. The minimum Gasteiger partial charge on any atom is -0.482 e. The number of allylic oxidation sites excluding steroid dienone is 1. The van der Waals surface area contributed by atoms with Crippen LogP contribution in [-0.2, 0) is 4.79 Å². The van der Waals surface area contributed by atoms with Gasteiger partial charge in [0, 0.05) is 11.1 Å². The number of carbonyl (C=O) groups is 2. The van der Waals surface area contributed by atoms with Gasteiger partial charge in [0.2, 0.25) is 0 Å². The number of carboxylic acid groups (broad SMARTS) is 1. The number of rotatable bonds is 8. The molecule has 0 saturated carbocycles. The van der Waals surface area contributed by atoms with Crippen molar-refractivity contribution in [2.24, 2.45) is 0 Å². The first-order valence-corrected chi connectivity index (χ1v) is 7.16. The highest BCUT2D eigenvalue weighted by atomic mass is 19.3. The maximum Gasteiger partial charge on any atom is 0.387 e. The Morgan fingerprint density at radius 3 is 2.40 bits per heavy atom. The number of hydrogen-bond acceptors (Lipinski definition) is 4. The normalized spacial score (nSPS) is 10.8. The number of hydrogen-bond donors (Lipinski definition) is 1. The van der Waals surface area contributed by atoms with E-state index in [4.69, 9.17) is 9.84 Å². The van der Waals surface area contributed by atoms with Crippen LogP contribution in [0.15, 0.2) is 54.6 Å². The van der Waals surface area contributed by atoms with E-state index < -0.39 is 19.2 Å². The van der Waals surface area contributed by atoms with Crippen LogP contribution in [0.1, 0.15) is 15.9 Å². The summed E-state index contributed by atoms with van der Waals surface area (Å²) in [6.45, 7) is -3.43. The number of halogens is 2. The minimum atomic E-state index is -2.96. The molecule has 0 aromatic heterocycles. The van der Waals surface area contributed by atoms with Crippen molar-refractivity contribution in [3.05, 3.63) is 65.7 Å². The van der Waals surface area contributed by atoms with E-state index in [0.717, 1.165) is 0 Å². The SMILES string of the molecule is O=C(O)COc1ccc(C(=O)/C=C/c2ccccc2OC(F)F)cc1. The number of para-hydroxylation sites is 1. The summed E-state index contributed by atoms with van der Waals surface area (Å²) in [5.41, 5.74) is 0.684. The van der Waals surface area contributed by atoms with Crippen LogP contribution < -0.4 is 9.47 Å². The Balaban J connectivity index is 2.06. The van der Waals surface area contributed by atoms with E-state index in [1.165, 1.54) is 42.5 Å². The van der Waals surface area contributed by atoms with E-state index in [1.54, 1.807) is 18.2 Å². The van der Waals surface area contributed by atoms with Gasteiger partial charge in [0.25, 0.3) is 0 Å². The molecule has 0 heterocycles. The second-order valence-electron chi connectivity index (χ2n) is 4.82. The van der Waals surface area contributed by atoms with E-state index in [-0.39, 0.29) is 11.5 Å². The van der Waals surface area contributed by atoms with Crippen LogP contribution in [0.25, 0.3) is 6.08 Å². The Labute approximate surface area is 142 Å². The van der Waals surface area contributed by atoms with Crippen LogP contribution in [0.2, 0.25) is 0 Å². The predicted octanol–water partition coefficient (Wildman–Crippen LogP) is 3.65. The van der Waals surface area contributed by atoms with Gasteiger partial charge in [0.15, 0.2) is 12.4 Å². The molecule has 25 heavy (non-hydrogen) atoms. The monoisotopic (exact) mass is 348 g/mol. The first kappa shape index (κ1) is 18.1. The first-order valence-electron chi connectivity index (χ1n) is 7.16. The van der Waals surface area contributed by atoms with Crippen LogP contribution in [0.4, 0.5) is 8.78 Å². The highest BCUT2D eigenvalue weighted by Gasteiger charge is 2.08. The lowest BCUT2D eigenvalue weighted by Gasteiger charge is -2.07. The van der Waals surface area contributed by atoms with Crippen molar-refractivity contribution in [3.63, 3.8) is 0 Å². The molecular weight excluding hydrogens is 334 g/mol. The maximum atomic E-state index is 12.4. The van der Waals surface area contributed by atoms with E-state index >= 15 is 0 Å². The summed E-state index contributed by atoms with van der Waals surface area (Å²) in [7, 11) is 0. The number of benzene rings is 2. The second-order valence-corrected chi connectivity index (χ2v) is 4.82. The Morgan fingerprint density at radius 2 is 1.76 bits per heavy atom. The molecule has 0 radical (unpaired) electrons. The lowest BCUT2D eigenvalue weighted by Crippen LogP contribution is -2.09. The zero-order valence-corrected chi connectivity index (χ0v) is 12.9. The highest BCUT2D eigenvalue weighted by molar-refractivity contribution is 6.07. The van der Waals surface area contributed by atoms with Gasteiger partial charge in [0.05, 0.1) is 0 Å². The molecule has 0 amide bonds. The average Bonchev–Trinajstić information content (AvgIpc) is 2.59. The predicted molar refractivity (Wildman–Crippen MR) is 86.0 cm³/mol. The Kier molecular flexibility index (Phi) is 6.22. The van der Waals surface area contributed by atoms with Gasteiger partial charge in [-0.15, -0.1) is 0 Å². The number of alkyl halides is 2. The van der Waals surface area contributed by atoms with E-state index in [1.807, 2.05) is 0 Å². The fourth-order valence-electron chi connectivity index (χ4n) is 1.94. The molecule has 5 nitrogen and oxygen atoms in total. The quantitative estimate of drug-likeness (QED) is 0.582. The van der Waals surface area contributed by atoms with Crippen molar-refractivity contribution in [2.45, 2.75) is 6.61 Å². The lowest BCUT2D eigenvalue weighted by atomic mass is 10.1. The van der Waals surface area contributed by atoms with Crippen LogP contribution in [0.5, 0.6) is 11.5 Å². The largest absolute Gasteiger partial charge is 0.482 e. The molecule has 130 valence electrons. The van der Waals surface area contributed by atoms with Gasteiger partial charge in [0.1, 0.15) is 11.5 Å². The standard InChI is InChI=1S/C18H14F2O5/c19-18(20)25-16-4-2-1-3-13(16)7-10-15(21)12-5-8-14(9-6-12)24-11-17(22)23/h1-10,18H,11H2,(H,22,23)/b10-7+. The van der Waals surface area contributed by atoms with E-state index in [9.17, 15) is 18.4 Å². The summed E-state index contributed by atoms with van der Waals surface area (Å²) in [5.74, 6) is -1.16. The molecule has 2 aromatic carbocycles. The van der Waals surface area contributed by atoms with E-state index in [2.05, 4.69) is 4.74 Å². The lowest BCUT2D eigenvalue weighted by molar-refractivity contribution is -0.139.